The summed E-state index contributed by atoms with van der Waals surface area (Å²) in [6, 6.07) is 5.18. The van der Waals surface area contributed by atoms with Crippen LogP contribution in [0, 0.1) is 11.6 Å². The lowest BCUT2D eigenvalue weighted by atomic mass is 10.1. The highest BCUT2D eigenvalue weighted by Gasteiger charge is 2.22. The molecule has 28 heavy (non-hydrogen) atoms. The second-order valence-corrected chi connectivity index (χ2v) is 8.27. The normalized spacial score (nSPS) is 14.5. The molecular weight excluding hydrogens is 402 g/mol. The third-order valence-corrected chi connectivity index (χ3v) is 6.19. The van der Waals surface area contributed by atoms with Gasteiger partial charge in [-0.1, -0.05) is 17.8 Å². The number of aromatic nitrogens is 2. The molecule has 0 spiro atoms. The average molecular weight is 421 g/mol. The zero-order valence-electron chi connectivity index (χ0n) is 15.2. The number of piperidine rings is 1. The Bertz CT molecular complexity index is 1010. The SMILES string of the molecule is CSc1nc(N2CCCCC2)c2cc(C(=O)Nc3c(F)cccc3F)sc2n1. The Kier molecular flexibility index (Phi) is 5.45. The van der Waals surface area contributed by atoms with E-state index in [-0.39, 0.29) is 0 Å². The molecule has 3 heterocycles. The lowest BCUT2D eigenvalue weighted by Gasteiger charge is -2.28. The van der Waals surface area contributed by atoms with Gasteiger partial charge in [-0.3, -0.25) is 4.79 Å². The van der Waals surface area contributed by atoms with Crippen molar-refractivity contribution in [2.75, 3.05) is 29.6 Å². The van der Waals surface area contributed by atoms with Gasteiger partial charge in [-0.25, -0.2) is 18.7 Å². The minimum atomic E-state index is -0.812. The van der Waals surface area contributed by atoms with Crippen LogP contribution < -0.4 is 10.2 Å². The Morgan fingerprint density at radius 2 is 1.89 bits per heavy atom. The van der Waals surface area contributed by atoms with Gasteiger partial charge >= 0.3 is 0 Å². The molecule has 146 valence electrons. The van der Waals surface area contributed by atoms with E-state index in [2.05, 4.69) is 20.2 Å². The molecule has 0 atom stereocenters. The van der Waals surface area contributed by atoms with Crippen molar-refractivity contribution in [1.29, 1.82) is 0 Å². The number of amides is 1. The Morgan fingerprint density at radius 3 is 2.57 bits per heavy atom. The molecule has 0 unspecified atom stereocenters. The smallest absolute Gasteiger partial charge is 0.265 e. The zero-order valence-corrected chi connectivity index (χ0v) is 16.8. The van der Waals surface area contributed by atoms with Gasteiger partial charge in [0.2, 0.25) is 0 Å². The molecule has 9 heteroatoms. The number of rotatable bonds is 4. The first-order valence-electron chi connectivity index (χ1n) is 8.92. The Hall–Kier alpha value is -2.26. The van der Waals surface area contributed by atoms with Crippen molar-refractivity contribution in [3.8, 4) is 0 Å². The quantitative estimate of drug-likeness (QED) is 0.479. The van der Waals surface area contributed by atoms with Crippen LogP contribution in [0.4, 0.5) is 20.3 Å². The first-order valence-corrected chi connectivity index (χ1v) is 11.0. The van der Waals surface area contributed by atoms with Crippen LogP contribution in [-0.2, 0) is 0 Å². The van der Waals surface area contributed by atoms with Crippen molar-refractivity contribution < 1.29 is 13.6 Å². The average Bonchev–Trinajstić information content (AvgIpc) is 3.15. The number of para-hydroxylation sites is 1. The molecule has 4 rings (SSSR count). The molecule has 1 aliphatic rings. The molecule has 1 saturated heterocycles. The highest BCUT2D eigenvalue weighted by molar-refractivity contribution is 7.98. The minimum absolute atomic E-state index is 0.337. The number of thioether (sulfide) groups is 1. The molecule has 1 aromatic carbocycles. The fourth-order valence-corrected chi connectivity index (χ4v) is 4.57. The Balaban J connectivity index is 1.71. The maximum absolute atomic E-state index is 13.9. The number of fused-ring (bicyclic) bond motifs is 1. The van der Waals surface area contributed by atoms with Crippen LogP contribution >= 0.6 is 23.1 Å². The molecule has 3 aromatic rings. The third kappa shape index (κ3) is 3.68. The van der Waals surface area contributed by atoms with Gasteiger partial charge < -0.3 is 10.2 Å². The highest BCUT2D eigenvalue weighted by atomic mass is 32.2. The monoisotopic (exact) mass is 420 g/mol. The molecule has 1 fully saturated rings. The molecule has 0 aliphatic carbocycles. The number of benzene rings is 1. The summed E-state index contributed by atoms with van der Waals surface area (Å²) in [6.45, 7) is 1.83. The van der Waals surface area contributed by atoms with Gasteiger partial charge in [-0.2, -0.15) is 0 Å². The fourth-order valence-electron chi connectivity index (χ4n) is 3.23. The molecule has 0 saturated carbocycles. The van der Waals surface area contributed by atoms with E-state index in [9.17, 15) is 13.6 Å². The van der Waals surface area contributed by atoms with Crippen LogP contribution in [0.1, 0.15) is 28.9 Å². The van der Waals surface area contributed by atoms with Gasteiger partial charge in [0.1, 0.15) is 28.0 Å². The number of nitrogens with one attached hydrogen (secondary N) is 1. The number of anilines is 2. The predicted octanol–water partition coefficient (Wildman–Crippen LogP) is 4.93. The van der Waals surface area contributed by atoms with Crippen LogP contribution in [0.3, 0.4) is 0 Å². The van der Waals surface area contributed by atoms with E-state index >= 15 is 0 Å². The third-order valence-electron chi connectivity index (χ3n) is 4.62. The molecule has 1 N–H and O–H groups in total. The fraction of sp³-hybridized carbons (Fsp3) is 0.316. The lowest BCUT2D eigenvalue weighted by Crippen LogP contribution is -2.30. The Labute approximate surface area is 169 Å². The first-order chi connectivity index (χ1) is 13.6. The number of carbonyl (C=O) groups excluding carboxylic acids is 1. The number of carbonyl (C=O) groups is 1. The second-order valence-electron chi connectivity index (χ2n) is 6.46. The number of thiophene rings is 1. The standard InChI is InChI=1S/C19H18F2N4OS2/c1-27-19-23-16(25-8-3-2-4-9-25)11-10-14(28-18(11)24-19)17(26)22-15-12(20)6-5-7-13(15)21/h5-7,10H,2-4,8-9H2,1H3,(H,22,26). The van der Waals surface area contributed by atoms with Crippen molar-refractivity contribution in [2.45, 2.75) is 24.4 Å². The predicted molar refractivity (Wildman–Crippen MR) is 110 cm³/mol. The summed E-state index contributed by atoms with van der Waals surface area (Å²) >= 11 is 2.64. The summed E-state index contributed by atoms with van der Waals surface area (Å²) in [7, 11) is 0. The topological polar surface area (TPSA) is 58.1 Å². The molecule has 0 bridgehead atoms. The van der Waals surface area contributed by atoms with Crippen LogP contribution in [0.25, 0.3) is 10.2 Å². The van der Waals surface area contributed by atoms with E-state index in [4.69, 9.17) is 0 Å². The summed E-state index contributed by atoms with van der Waals surface area (Å²) < 4.78 is 27.7. The Morgan fingerprint density at radius 1 is 1.18 bits per heavy atom. The lowest BCUT2D eigenvalue weighted by molar-refractivity contribution is 0.102. The van der Waals surface area contributed by atoms with Crippen LogP contribution in [0.5, 0.6) is 0 Å². The number of halogens is 2. The molecule has 5 nitrogen and oxygen atoms in total. The van der Waals surface area contributed by atoms with Gasteiger partial charge in [0.25, 0.3) is 5.91 Å². The van der Waals surface area contributed by atoms with Crippen molar-refractivity contribution in [3.63, 3.8) is 0 Å². The van der Waals surface area contributed by atoms with Crippen LogP contribution in [0.2, 0.25) is 0 Å². The second kappa shape index (κ2) is 8.00. The summed E-state index contributed by atoms with van der Waals surface area (Å²) in [5.41, 5.74) is -0.447. The van der Waals surface area contributed by atoms with E-state index in [0.29, 0.717) is 14.9 Å². The van der Waals surface area contributed by atoms with Gasteiger partial charge in [-0.05, 0) is 43.7 Å². The van der Waals surface area contributed by atoms with Gasteiger partial charge in [0, 0.05) is 13.1 Å². The number of hydrogen-bond donors (Lipinski definition) is 1. The maximum atomic E-state index is 13.9. The molecule has 1 amide bonds. The van der Waals surface area contributed by atoms with Crippen LogP contribution in [-0.4, -0.2) is 35.2 Å². The summed E-state index contributed by atoms with van der Waals surface area (Å²) in [6.07, 6.45) is 5.31. The largest absolute Gasteiger partial charge is 0.356 e. The first kappa shape index (κ1) is 19.1. The summed E-state index contributed by atoms with van der Waals surface area (Å²) in [4.78, 5) is 25.1. The van der Waals surface area contributed by atoms with Crippen molar-refractivity contribution in [2.24, 2.45) is 0 Å². The van der Waals surface area contributed by atoms with Gasteiger partial charge in [0.05, 0.1) is 10.3 Å². The molecular formula is C19H18F2N4OS2. The van der Waals surface area contributed by atoms with Gasteiger partial charge in [0.15, 0.2) is 5.16 Å². The van der Waals surface area contributed by atoms with E-state index in [0.717, 1.165) is 49.3 Å². The van der Waals surface area contributed by atoms with Crippen molar-refractivity contribution >= 4 is 50.7 Å². The summed E-state index contributed by atoms with van der Waals surface area (Å²) in [5, 5.41) is 3.77. The summed E-state index contributed by atoms with van der Waals surface area (Å²) in [5.74, 6) is -1.37. The zero-order chi connectivity index (χ0) is 19.7. The molecule has 2 aromatic heterocycles. The van der Waals surface area contributed by atoms with E-state index in [1.807, 2.05) is 6.26 Å². The minimum Gasteiger partial charge on any atom is -0.356 e. The molecule has 0 radical (unpaired) electrons. The maximum Gasteiger partial charge on any atom is 0.265 e. The van der Waals surface area contributed by atoms with E-state index < -0.39 is 23.2 Å². The van der Waals surface area contributed by atoms with Crippen LogP contribution in [0.15, 0.2) is 29.4 Å². The van der Waals surface area contributed by atoms with Crippen molar-refractivity contribution in [3.05, 3.63) is 40.8 Å². The van der Waals surface area contributed by atoms with Gasteiger partial charge in [-0.15, -0.1) is 11.3 Å². The van der Waals surface area contributed by atoms with Crippen molar-refractivity contribution in [1.82, 2.24) is 9.97 Å². The van der Waals surface area contributed by atoms with E-state index in [1.165, 1.54) is 35.6 Å². The number of hydrogen-bond acceptors (Lipinski definition) is 6. The van der Waals surface area contributed by atoms with E-state index in [1.54, 1.807) is 6.07 Å². The molecule has 1 aliphatic heterocycles. The number of nitrogens with zero attached hydrogens (tertiary/aromatic N) is 3. The highest BCUT2D eigenvalue weighted by Crippen LogP contribution is 2.34.